The van der Waals surface area contributed by atoms with E-state index >= 15 is 0 Å². The first kappa shape index (κ1) is 20.8. The highest BCUT2D eigenvalue weighted by Crippen LogP contribution is 2.24. The third kappa shape index (κ3) is 5.34. The van der Waals surface area contributed by atoms with Crippen molar-refractivity contribution in [3.8, 4) is 0 Å². The Labute approximate surface area is 172 Å². The maximum absolute atomic E-state index is 12.7. The normalized spacial score (nSPS) is 16.1. The lowest BCUT2D eigenvalue weighted by Gasteiger charge is -2.32. The predicted octanol–water partition coefficient (Wildman–Crippen LogP) is 3.54. The van der Waals surface area contributed by atoms with E-state index in [0.717, 1.165) is 5.56 Å². The summed E-state index contributed by atoms with van der Waals surface area (Å²) >= 11 is 5.95. The van der Waals surface area contributed by atoms with E-state index in [4.69, 9.17) is 11.6 Å². The van der Waals surface area contributed by atoms with Crippen molar-refractivity contribution in [3.05, 3.63) is 70.7 Å². The quantitative estimate of drug-likeness (QED) is 0.718. The van der Waals surface area contributed by atoms with Crippen LogP contribution in [-0.2, 0) is 27.1 Å². The summed E-state index contributed by atoms with van der Waals surface area (Å²) in [6, 6.07) is 16.8. The van der Waals surface area contributed by atoms with Crippen LogP contribution < -0.4 is 0 Å². The van der Waals surface area contributed by atoms with Crippen LogP contribution in [0.15, 0.2) is 54.6 Å². The molecule has 0 aromatic heterocycles. The number of hydrogen-bond acceptors (Lipinski definition) is 3. The van der Waals surface area contributed by atoms with Crippen molar-refractivity contribution < 1.29 is 13.2 Å². The monoisotopic (exact) mass is 420 g/mol. The van der Waals surface area contributed by atoms with Crippen molar-refractivity contribution in [3.63, 3.8) is 0 Å². The predicted molar refractivity (Wildman–Crippen MR) is 111 cm³/mol. The third-order valence-electron chi connectivity index (χ3n) is 5.07. The van der Waals surface area contributed by atoms with Crippen LogP contribution in [0.25, 0.3) is 0 Å². The second-order valence-electron chi connectivity index (χ2n) is 7.24. The number of hydrogen-bond donors (Lipinski definition) is 0. The van der Waals surface area contributed by atoms with Crippen molar-refractivity contribution in [1.29, 1.82) is 0 Å². The van der Waals surface area contributed by atoms with Crippen LogP contribution in [0.1, 0.15) is 24.0 Å². The van der Waals surface area contributed by atoms with Gasteiger partial charge in [0.05, 0.1) is 5.75 Å². The van der Waals surface area contributed by atoms with Crippen LogP contribution in [0.2, 0.25) is 5.02 Å². The molecule has 5 nitrogen and oxygen atoms in total. The first-order valence-electron chi connectivity index (χ1n) is 9.36. The van der Waals surface area contributed by atoms with Crippen molar-refractivity contribution in [2.45, 2.75) is 25.1 Å². The van der Waals surface area contributed by atoms with E-state index in [0.29, 0.717) is 43.1 Å². The standard InChI is InChI=1S/C21H25ClN2O3S/c1-23(15-17-6-3-2-4-7-17)21(25)19-10-12-24(13-11-19)28(26,27)16-18-8-5-9-20(22)14-18/h2-9,14,19H,10-13,15-16H2,1H3. The topological polar surface area (TPSA) is 57.7 Å². The molecule has 0 unspecified atom stereocenters. The summed E-state index contributed by atoms with van der Waals surface area (Å²) in [7, 11) is -1.62. The molecule has 1 saturated heterocycles. The van der Waals surface area contributed by atoms with Gasteiger partial charge in [0.15, 0.2) is 0 Å². The zero-order valence-corrected chi connectivity index (χ0v) is 17.5. The Bertz CT molecular complexity index is 910. The fourth-order valence-corrected chi connectivity index (χ4v) is 5.32. The zero-order valence-electron chi connectivity index (χ0n) is 15.9. The van der Waals surface area contributed by atoms with E-state index in [1.54, 1.807) is 36.2 Å². The van der Waals surface area contributed by atoms with Crippen LogP contribution in [0.3, 0.4) is 0 Å². The summed E-state index contributed by atoms with van der Waals surface area (Å²) in [6.07, 6.45) is 1.10. The first-order valence-corrected chi connectivity index (χ1v) is 11.3. The van der Waals surface area contributed by atoms with E-state index in [1.165, 1.54) is 4.31 Å². The molecule has 7 heteroatoms. The molecule has 2 aromatic rings. The molecule has 1 heterocycles. The molecule has 150 valence electrons. The van der Waals surface area contributed by atoms with Gasteiger partial charge in [0.2, 0.25) is 15.9 Å². The molecule has 0 saturated carbocycles. The molecule has 0 radical (unpaired) electrons. The average Bonchev–Trinajstić information content (AvgIpc) is 2.68. The third-order valence-corrected chi connectivity index (χ3v) is 7.16. The summed E-state index contributed by atoms with van der Waals surface area (Å²) in [4.78, 5) is 14.5. The summed E-state index contributed by atoms with van der Waals surface area (Å²) in [5.74, 6) is -0.123. The molecular formula is C21H25ClN2O3S. The molecule has 1 aliphatic rings. The Morgan fingerprint density at radius 1 is 1.07 bits per heavy atom. The minimum absolute atomic E-state index is 0.0694. The number of halogens is 1. The lowest BCUT2D eigenvalue weighted by atomic mass is 9.96. The van der Waals surface area contributed by atoms with Crippen LogP contribution in [-0.4, -0.2) is 43.7 Å². The molecule has 3 rings (SSSR count). The van der Waals surface area contributed by atoms with Gasteiger partial charge in [0.1, 0.15) is 0 Å². The van der Waals surface area contributed by atoms with Crippen molar-refractivity contribution in [1.82, 2.24) is 9.21 Å². The van der Waals surface area contributed by atoms with E-state index in [2.05, 4.69) is 0 Å². The van der Waals surface area contributed by atoms with Gasteiger partial charge in [-0.3, -0.25) is 4.79 Å². The highest BCUT2D eigenvalue weighted by molar-refractivity contribution is 7.88. The molecule has 2 aromatic carbocycles. The summed E-state index contributed by atoms with van der Waals surface area (Å²) in [5, 5.41) is 0.526. The summed E-state index contributed by atoms with van der Waals surface area (Å²) in [6.45, 7) is 1.31. The molecule has 1 amide bonds. The van der Waals surface area contributed by atoms with E-state index in [9.17, 15) is 13.2 Å². The van der Waals surface area contributed by atoms with Gasteiger partial charge >= 0.3 is 0 Å². The fourth-order valence-electron chi connectivity index (χ4n) is 3.56. The van der Waals surface area contributed by atoms with Gasteiger partial charge in [-0.15, -0.1) is 0 Å². The van der Waals surface area contributed by atoms with E-state index < -0.39 is 10.0 Å². The Kier molecular flexibility index (Phi) is 6.75. The van der Waals surface area contributed by atoms with Crippen molar-refractivity contribution in [2.24, 2.45) is 5.92 Å². The smallest absolute Gasteiger partial charge is 0.225 e. The molecule has 1 fully saturated rings. The van der Waals surface area contributed by atoms with Gasteiger partial charge < -0.3 is 4.90 Å². The van der Waals surface area contributed by atoms with E-state index in [1.807, 2.05) is 30.3 Å². The molecule has 0 N–H and O–H groups in total. The number of sulfonamides is 1. The van der Waals surface area contributed by atoms with Gasteiger partial charge in [-0.25, -0.2) is 12.7 Å². The second-order valence-corrected chi connectivity index (χ2v) is 9.64. The number of carbonyl (C=O) groups excluding carboxylic acids is 1. The van der Waals surface area contributed by atoms with Crippen molar-refractivity contribution >= 4 is 27.5 Å². The Morgan fingerprint density at radius 3 is 2.36 bits per heavy atom. The van der Waals surface area contributed by atoms with E-state index in [-0.39, 0.29) is 17.6 Å². The average molecular weight is 421 g/mol. The molecule has 1 aliphatic heterocycles. The number of nitrogens with zero attached hydrogens (tertiary/aromatic N) is 2. The Hall–Kier alpha value is -1.89. The molecular weight excluding hydrogens is 396 g/mol. The lowest BCUT2D eigenvalue weighted by Crippen LogP contribution is -2.43. The second kappa shape index (κ2) is 9.07. The Balaban J connectivity index is 1.55. The number of piperidine rings is 1. The molecule has 0 spiro atoms. The molecule has 0 atom stereocenters. The minimum Gasteiger partial charge on any atom is -0.341 e. The number of amides is 1. The van der Waals surface area contributed by atoms with Gasteiger partial charge in [0.25, 0.3) is 0 Å². The number of carbonyl (C=O) groups is 1. The van der Waals surface area contributed by atoms with Crippen molar-refractivity contribution in [2.75, 3.05) is 20.1 Å². The fraction of sp³-hybridized carbons (Fsp3) is 0.381. The zero-order chi connectivity index (χ0) is 20.1. The number of benzene rings is 2. The summed E-state index contributed by atoms with van der Waals surface area (Å²) < 4.78 is 26.9. The summed E-state index contributed by atoms with van der Waals surface area (Å²) in [5.41, 5.74) is 1.76. The van der Waals surface area contributed by atoms with Crippen LogP contribution in [0, 0.1) is 5.92 Å². The SMILES string of the molecule is CN(Cc1ccccc1)C(=O)C1CCN(S(=O)(=O)Cc2cccc(Cl)c2)CC1. The highest BCUT2D eigenvalue weighted by Gasteiger charge is 2.32. The molecule has 0 bridgehead atoms. The van der Waals surface area contributed by atoms with Crippen LogP contribution in [0.4, 0.5) is 0 Å². The largest absolute Gasteiger partial charge is 0.341 e. The lowest BCUT2D eigenvalue weighted by molar-refractivity contribution is -0.135. The number of rotatable bonds is 6. The van der Waals surface area contributed by atoms with Gasteiger partial charge in [-0.2, -0.15) is 0 Å². The maximum Gasteiger partial charge on any atom is 0.225 e. The molecule has 28 heavy (non-hydrogen) atoms. The molecule has 0 aliphatic carbocycles. The van der Waals surface area contributed by atoms with Gasteiger partial charge in [-0.05, 0) is 36.1 Å². The maximum atomic E-state index is 12.7. The highest BCUT2D eigenvalue weighted by atomic mass is 35.5. The minimum atomic E-state index is -3.42. The van der Waals surface area contributed by atoms with Crippen LogP contribution >= 0.6 is 11.6 Å². The van der Waals surface area contributed by atoms with Crippen LogP contribution in [0.5, 0.6) is 0 Å². The van der Waals surface area contributed by atoms with Gasteiger partial charge in [-0.1, -0.05) is 54.1 Å². The Morgan fingerprint density at radius 2 is 1.71 bits per heavy atom. The first-order chi connectivity index (χ1) is 13.3. The van der Waals surface area contributed by atoms with Gasteiger partial charge in [0, 0.05) is 37.6 Å².